The molecule has 130 valence electrons. The van der Waals surface area contributed by atoms with Crippen LogP contribution in [0.15, 0.2) is 48.7 Å². The number of pyridine rings is 1. The van der Waals surface area contributed by atoms with Gasteiger partial charge in [0, 0.05) is 48.2 Å². The first-order valence-corrected chi connectivity index (χ1v) is 9.79. The van der Waals surface area contributed by atoms with E-state index >= 15 is 0 Å². The monoisotopic (exact) mass is 352 g/mol. The summed E-state index contributed by atoms with van der Waals surface area (Å²) in [5.41, 5.74) is 2.70. The van der Waals surface area contributed by atoms with Gasteiger partial charge < -0.3 is 4.74 Å². The molecule has 0 aliphatic carbocycles. The predicted octanol–water partition coefficient (Wildman–Crippen LogP) is 3.95. The standard InChI is InChI=1S/C21H24N2OS/c1-24-17-14-23(15-17)13-11-21-19(10-9-16-6-4-5-12-22-16)18-7-2-3-8-20(18)25-21/h2-8,12,17H,9-11,13-15H2,1H3. The normalized spacial score (nSPS) is 15.6. The maximum atomic E-state index is 5.38. The van der Waals surface area contributed by atoms with Gasteiger partial charge in [-0.25, -0.2) is 0 Å². The van der Waals surface area contributed by atoms with Crippen LogP contribution in [0.3, 0.4) is 0 Å². The van der Waals surface area contributed by atoms with E-state index in [0.29, 0.717) is 6.10 Å². The first kappa shape index (κ1) is 16.7. The first-order chi connectivity index (χ1) is 12.3. The maximum Gasteiger partial charge on any atom is 0.0824 e. The fraction of sp³-hybridized carbons (Fsp3) is 0.381. The van der Waals surface area contributed by atoms with Gasteiger partial charge in [0.15, 0.2) is 0 Å². The van der Waals surface area contributed by atoms with Crippen LogP contribution < -0.4 is 0 Å². The lowest BCUT2D eigenvalue weighted by molar-refractivity contribution is -0.0284. The molecule has 0 N–H and O–H groups in total. The van der Waals surface area contributed by atoms with Crippen molar-refractivity contribution in [2.24, 2.45) is 0 Å². The average molecular weight is 353 g/mol. The van der Waals surface area contributed by atoms with Gasteiger partial charge in [0.1, 0.15) is 0 Å². The van der Waals surface area contributed by atoms with Gasteiger partial charge in [-0.1, -0.05) is 24.3 Å². The SMILES string of the molecule is COC1CN(CCc2sc3ccccc3c2CCc2ccccn2)C1. The number of benzene rings is 1. The van der Waals surface area contributed by atoms with Crippen LogP contribution in [0.4, 0.5) is 0 Å². The molecule has 0 bridgehead atoms. The van der Waals surface area contributed by atoms with Gasteiger partial charge in [0.05, 0.1) is 6.10 Å². The summed E-state index contributed by atoms with van der Waals surface area (Å²) in [6.07, 6.45) is 5.53. The minimum absolute atomic E-state index is 0.436. The molecule has 25 heavy (non-hydrogen) atoms. The van der Waals surface area contributed by atoms with E-state index in [1.54, 1.807) is 0 Å². The highest BCUT2D eigenvalue weighted by molar-refractivity contribution is 7.19. The number of hydrogen-bond acceptors (Lipinski definition) is 4. The molecule has 4 rings (SSSR count). The summed E-state index contributed by atoms with van der Waals surface area (Å²) in [5.74, 6) is 0. The molecule has 3 aromatic rings. The minimum Gasteiger partial charge on any atom is -0.379 e. The number of nitrogens with zero attached hydrogens (tertiary/aromatic N) is 2. The van der Waals surface area contributed by atoms with Crippen molar-refractivity contribution in [2.45, 2.75) is 25.4 Å². The molecule has 2 aromatic heterocycles. The number of fused-ring (bicyclic) bond motifs is 1. The Bertz CT molecular complexity index is 824. The molecule has 4 heteroatoms. The Morgan fingerprint density at radius 1 is 1.08 bits per heavy atom. The molecule has 1 saturated heterocycles. The Kier molecular flexibility index (Phi) is 5.11. The van der Waals surface area contributed by atoms with Gasteiger partial charge in [-0.3, -0.25) is 9.88 Å². The number of ether oxygens (including phenoxy) is 1. The summed E-state index contributed by atoms with van der Waals surface area (Å²) in [6.45, 7) is 3.28. The Labute approximate surface area is 153 Å². The molecular weight excluding hydrogens is 328 g/mol. The van der Waals surface area contributed by atoms with Crippen molar-refractivity contribution in [2.75, 3.05) is 26.7 Å². The van der Waals surface area contributed by atoms with E-state index in [-0.39, 0.29) is 0 Å². The summed E-state index contributed by atoms with van der Waals surface area (Å²) < 4.78 is 6.79. The molecule has 0 radical (unpaired) electrons. The largest absolute Gasteiger partial charge is 0.379 e. The smallest absolute Gasteiger partial charge is 0.0824 e. The molecule has 0 spiro atoms. The zero-order chi connectivity index (χ0) is 17.1. The van der Waals surface area contributed by atoms with Crippen molar-refractivity contribution in [1.82, 2.24) is 9.88 Å². The maximum absolute atomic E-state index is 5.38. The van der Waals surface area contributed by atoms with Crippen molar-refractivity contribution in [3.8, 4) is 0 Å². The number of methoxy groups -OCH3 is 1. The van der Waals surface area contributed by atoms with Gasteiger partial charge in [-0.2, -0.15) is 0 Å². The van der Waals surface area contributed by atoms with Crippen molar-refractivity contribution in [3.63, 3.8) is 0 Å². The first-order valence-electron chi connectivity index (χ1n) is 8.98. The highest BCUT2D eigenvalue weighted by Gasteiger charge is 2.26. The molecule has 0 saturated carbocycles. The highest BCUT2D eigenvalue weighted by atomic mass is 32.1. The lowest BCUT2D eigenvalue weighted by atomic mass is 10.0. The topological polar surface area (TPSA) is 25.4 Å². The predicted molar refractivity (Wildman–Crippen MR) is 104 cm³/mol. The fourth-order valence-electron chi connectivity index (χ4n) is 3.54. The Morgan fingerprint density at radius 2 is 1.92 bits per heavy atom. The average Bonchev–Trinajstić information content (AvgIpc) is 2.97. The third kappa shape index (κ3) is 3.76. The van der Waals surface area contributed by atoms with Gasteiger partial charge >= 0.3 is 0 Å². The van der Waals surface area contributed by atoms with Gasteiger partial charge in [0.2, 0.25) is 0 Å². The number of thiophene rings is 1. The number of aryl methyl sites for hydroxylation is 2. The minimum atomic E-state index is 0.436. The van der Waals surface area contributed by atoms with Crippen molar-refractivity contribution >= 4 is 21.4 Å². The number of aromatic nitrogens is 1. The van der Waals surface area contributed by atoms with Crippen LogP contribution in [0.5, 0.6) is 0 Å². The Hall–Kier alpha value is -1.75. The van der Waals surface area contributed by atoms with Crippen LogP contribution in [-0.4, -0.2) is 42.7 Å². The fourth-order valence-corrected chi connectivity index (χ4v) is 4.78. The molecule has 1 aliphatic rings. The highest BCUT2D eigenvalue weighted by Crippen LogP contribution is 2.33. The third-order valence-electron chi connectivity index (χ3n) is 5.05. The molecular formula is C21H24N2OS. The molecule has 3 heterocycles. The van der Waals surface area contributed by atoms with Crippen LogP contribution >= 0.6 is 11.3 Å². The molecule has 1 aromatic carbocycles. The number of rotatable bonds is 7. The Balaban J connectivity index is 1.49. The van der Waals surface area contributed by atoms with Gasteiger partial charge in [0.25, 0.3) is 0 Å². The van der Waals surface area contributed by atoms with E-state index in [9.17, 15) is 0 Å². The summed E-state index contributed by atoms with van der Waals surface area (Å²) in [6, 6.07) is 15.0. The summed E-state index contributed by atoms with van der Waals surface area (Å²) in [5, 5.41) is 1.43. The van der Waals surface area contributed by atoms with Crippen molar-refractivity contribution in [1.29, 1.82) is 0 Å². The lowest BCUT2D eigenvalue weighted by Gasteiger charge is -2.38. The van der Waals surface area contributed by atoms with Gasteiger partial charge in [-0.15, -0.1) is 11.3 Å². The summed E-state index contributed by atoms with van der Waals surface area (Å²) >= 11 is 1.96. The van der Waals surface area contributed by atoms with E-state index < -0.39 is 0 Å². The molecule has 3 nitrogen and oxygen atoms in total. The van der Waals surface area contributed by atoms with E-state index in [0.717, 1.165) is 38.9 Å². The van der Waals surface area contributed by atoms with Crippen LogP contribution in [0.25, 0.3) is 10.1 Å². The second-order valence-electron chi connectivity index (χ2n) is 6.69. The van der Waals surface area contributed by atoms with Crippen LogP contribution in [0.1, 0.15) is 16.1 Å². The second-order valence-corrected chi connectivity index (χ2v) is 7.83. The molecule has 1 fully saturated rings. The molecule has 0 atom stereocenters. The van der Waals surface area contributed by atoms with E-state index in [2.05, 4.69) is 46.3 Å². The van der Waals surface area contributed by atoms with Crippen LogP contribution in [-0.2, 0) is 24.0 Å². The number of likely N-dealkylation sites (tertiary alicyclic amines) is 1. The quantitative estimate of drug-likeness (QED) is 0.644. The lowest BCUT2D eigenvalue weighted by Crippen LogP contribution is -2.52. The zero-order valence-corrected chi connectivity index (χ0v) is 15.5. The van der Waals surface area contributed by atoms with E-state index in [1.165, 1.54) is 26.2 Å². The van der Waals surface area contributed by atoms with Crippen molar-refractivity contribution in [3.05, 3.63) is 64.8 Å². The van der Waals surface area contributed by atoms with Crippen LogP contribution in [0, 0.1) is 0 Å². The molecule has 0 unspecified atom stereocenters. The third-order valence-corrected chi connectivity index (χ3v) is 6.32. The second kappa shape index (κ2) is 7.65. The van der Waals surface area contributed by atoms with E-state index in [1.807, 2.05) is 30.7 Å². The van der Waals surface area contributed by atoms with Crippen molar-refractivity contribution < 1.29 is 4.74 Å². The van der Waals surface area contributed by atoms with Gasteiger partial charge in [-0.05, 0) is 48.4 Å². The Morgan fingerprint density at radius 3 is 2.72 bits per heavy atom. The summed E-state index contributed by atoms with van der Waals surface area (Å²) in [7, 11) is 1.81. The molecule has 0 amide bonds. The van der Waals surface area contributed by atoms with Crippen LogP contribution in [0.2, 0.25) is 0 Å². The molecule has 1 aliphatic heterocycles. The summed E-state index contributed by atoms with van der Waals surface area (Å²) in [4.78, 5) is 8.51. The zero-order valence-electron chi connectivity index (χ0n) is 14.6. The van der Waals surface area contributed by atoms with E-state index in [4.69, 9.17) is 4.74 Å². The number of hydrogen-bond donors (Lipinski definition) is 0.